The van der Waals surface area contributed by atoms with Crippen molar-refractivity contribution in [3.05, 3.63) is 0 Å². The van der Waals surface area contributed by atoms with Gasteiger partial charge in [-0.25, -0.2) is 0 Å². The molecule has 19 heavy (non-hydrogen) atoms. The summed E-state index contributed by atoms with van der Waals surface area (Å²) in [7, 11) is 2.20. The zero-order valence-electron chi connectivity index (χ0n) is 12.3. The molecule has 1 aliphatic rings. The SMILES string of the molecule is CCOC(=O)C1CCCN(C[Si](OC)(OC)OC)C1. The molecular formula is C12H25NO5Si. The van der Waals surface area contributed by atoms with Gasteiger partial charge in [0.25, 0.3) is 0 Å². The fourth-order valence-electron chi connectivity index (χ4n) is 2.37. The van der Waals surface area contributed by atoms with E-state index in [9.17, 15) is 4.79 Å². The molecule has 1 rings (SSSR count). The van der Waals surface area contributed by atoms with Crippen molar-refractivity contribution >= 4 is 14.8 Å². The normalized spacial score (nSPS) is 21.4. The van der Waals surface area contributed by atoms with Crippen molar-refractivity contribution < 1.29 is 22.8 Å². The second kappa shape index (κ2) is 7.96. The molecule has 1 heterocycles. The van der Waals surface area contributed by atoms with Crippen molar-refractivity contribution in [2.75, 3.05) is 47.2 Å². The lowest BCUT2D eigenvalue weighted by Crippen LogP contribution is -2.55. The van der Waals surface area contributed by atoms with Gasteiger partial charge in [0, 0.05) is 27.9 Å². The maximum atomic E-state index is 11.8. The van der Waals surface area contributed by atoms with Crippen LogP contribution < -0.4 is 0 Å². The lowest BCUT2D eigenvalue weighted by molar-refractivity contribution is -0.149. The topological polar surface area (TPSA) is 57.2 Å². The van der Waals surface area contributed by atoms with Crippen LogP contribution in [0.4, 0.5) is 0 Å². The van der Waals surface area contributed by atoms with Crippen LogP contribution in [0, 0.1) is 5.92 Å². The van der Waals surface area contributed by atoms with Gasteiger partial charge in [0.2, 0.25) is 0 Å². The van der Waals surface area contributed by atoms with Crippen LogP contribution in [0.25, 0.3) is 0 Å². The minimum Gasteiger partial charge on any atom is -0.466 e. The Hall–Kier alpha value is -0.473. The second-order valence-electron chi connectivity index (χ2n) is 4.62. The summed E-state index contributed by atoms with van der Waals surface area (Å²) in [4.78, 5) is 14.0. The van der Waals surface area contributed by atoms with Gasteiger partial charge in [0.1, 0.15) is 0 Å². The van der Waals surface area contributed by atoms with Gasteiger partial charge >= 0.3 is 14.8 Å². The van der Waals surface area contributed by atoms with Gasteiger partial charge in [-0.1, -0.05) is 0 Å². The average molecular weight is 291 g/mol. The Morgan fingerprint density at radius 1 is 1.26 bits per heavy atom. The first-order valence-corrected chi connectivity index (χ1v) is 8.58. The number of carbonyl (C=O) groups is 1. The molecule has 1 atom stereocenters. The molecule has 0 amide bonds. The Balaban J connectivity index is 2.57. The standard InChI is InChI=1S/C12H25NO5Si/c1-5-18-12(14)11-7-6-8-13(9-11)10-19(15-2,16-3)17-4/h11H,5-10H2,1-4H3. The minimum atomic E-state index is -2.61. The molecule has 1 saturated heterocycles. The molecule has 1 fully saturated rings. The van der Waals surface area contributed by atoms with E-state index in [-0.39, 0.29) is 11.9 Å². The number of likely N-dealkylation sites (tertiary alicyclic amines) is 1. The van der Waals surface area contributed by atoms with E-state index >= 15 is 0 Å². The highest BCUT2D eigenvalue weighted by atomic mass is 28.4. The third-order valence-corrected chi connectivity index (χ3v) is 6.18. The number of rotatable bonds is 7. The van der Waals surface area contributed by atoms with Crippen molar-refractivity contribution in [1.29, 1.82) is 0 Å². The molecule has 0 bridgehead atoms. The molecule has 112 valence electrons. The highest BCUT2D eigenvalue weighted by molar-refractivity contribution is 6.60. The summed E-state index contributed by atoms with van der Waals surface area (Å²) >= 11 is 0. The van der Waals surface area contributed by atoms with Crippen LogP contribution in [0.1, 0.15) is 19.8 Å². The summed E-state index contributed by atoms with van der Waals surface area (Å²) < 4.78 is 21.3. The summed E-state index contributed by atoms with van der Waals surface area (Å²) in [5.41, 5.74) is 0. The van der Waals surface area contributed by atoms with E-state index in [1.54, 1.807) is 21.3 Å². The number of esters is 1. The smallest absolute Gasteiger partial charge is 0.466 e. The molecule has 6 nitrogen and oxygen atoms in total. The third-order valence-electron chi connectivity index (χ3n) is 3.48. The number of hydrogen-bond donors (Lipinski definition) is 0. The Bertz CT molecular complexity index is 277. The minimum absolute atomic E-state index is 0.0500. The fraction of sp³-hybridized carbons (Fsp3) is 0.917. The van der Waals surface area contributed by atoms with Crippen LogP contribution in [-0.4, -0.2) is 66.9 Å². The maximum Gasteiger partial charge on any atom is 0.514 e. The van der Waals surface area contributed by atoms with Gasteiger partial charge in [-0.15, -0.1) is 0 Å². The molecule has 0 aromatic heterocycles. The van der Waals surface area contributed by atoms with Crippen molar-refractivity contribution in [2.24, 2.45) is 5.92 Å². The molecule has 0 saturated carbocycles. The molecule has 0 aliphatic carbocycles. The summed E-state index contributed by atoms with van der Waals surface area (Å²) in [6.45, 7) is 3.88. The summed E-state index contributed by atoms with van der Waals surface area (Å²) in [5, 5.41) is 0. The molecule has 0 aromatic carbocycles. The first kappa shape index (κ1) is 16.6. The first-order chi connectivity index (χ1) is 9.10. The molecule has 7 heteroatoms. The molecule has 0 spiro atoms. The number of ether oxygens (including phenoxy) is 1. The highest BCUT2D eigenvalue weighted by Gasteiger charge is 2.41. The highest BCUT2D eigenvalue weighted by Crippen LogP contribution is 2.20. The van der Waals surface area contributed by atoms with Crippen LogP contribution in [0.15, 0.2) is 0 Å². The molecule has 0 radical (unpaired) electrons. The van der Waals surface area contributed by atoms with Crippen LogP contribution in [0.3, 0.4) is 0 Å². The molecule has 0 aromatic rings. The van der Waals surface area contributed by atoms with Gasteiger partial charge in [-0.3, -0.25) is 9.69 Å². The third kappa shape index (κ3) is 4.53. The monoisotopic (exact) mass is 291 g/mol. The Morgan fingerprint density at radius 3 is 2.42 bits per heavy atom. The Labute approximate surface area is 116 Å². The van der Waals surface area contributed by atoms with Gasteiger partial charge in [0.15, 0.2) is 0 Å². The van der Waals surface area contributed by atoms with Crippen LogP contribution in [0.2, 0.25) is 0 Å². The van der Waals surface area contributed by atoms with Gasteiger partial charge in [-0.05, 0) is 26.3 Å². The van der Waals surface area contributed by atoms with Crippen LogP contribution >= 0.6 is 0 Å². The van der Waals surface area contributed by atoms with Crippen molar-refractivity contribution in [2.45, 2.75) is 19.8 Å². The zero-order valence-corrected chi connectivity index (χ0v) is 13.3. The maximum absolute atomic E-state index is 11.8. The van der Waals surface area contributed by atoms with Crippen molar-refractivity contribution in [1.82, 2.24) is 4.90 Å². The summed E-state index contributed by atoms with van der Waals surface area (Å²) in [5.74, 6) is -0.155. The average Bonchev–Trinajstić information content (AvgIpc) is 2.45. The predicted molar refractivity (Wildman–Crippen MR) is 72.6 cm³/mol. The largest absolute Gasteiger partial charge is 0.514 e. The van der Waals surface area contributed by atoms with E-state index in [0.717, 1.165) is 19.4 Å². The zero-order chi connectivity index (χ0) is 14.3. The predicted octanol–water partition coefficient (Wildman–Crippen LogP) is 0.679. The van der Waals surface area contributed by atoms with E-state index in [1.807, 2.05) is 6.92 Å². The number of nitrogens with zero attached hydrogens (tertiary/aromatic N) is 1. The number of hydrogen-bond acceptors (Lipinski definition) is 6. The number of piperidine rings is 1. The van der Waals surface area contributed by atoms with E-state index < -0.39 is 8.80 Å². The van der Waals surface area contributed by atoms with Crippen LogP contribution in [0.5, 0.6) is 0 Å². The Kier molecular flexibility index (Phi) is 6.94. The fourth-order valence-corrected chi connectivity index (χ4v) is 4.09. The van der Waals surface area contributed by atoms with E-state index in [0.29, 0.717) is 19.3 Å². The van der Waals surface area contributed by atoms with E-state index in [4.69, 9.17) is 18.0 Å². The van der Waals surface area contributed by atoms with Gasteiger partial charge in [0.05, 0.1) is 18.7 Å². The van der Waals surface area contributed by atoms with E-state index in [1.165, 1.54) is 0 Å². The molecular weight excluding hydrogens is 266 g/mol. The van der Waals surface area contributed by atoms with Crippen LogP contribution in [-0.2, 0) is 22.8 Å². The summed E-state index contributed by atoms with van der Waals surface area (Å²) in [6.07, 6.45) is 2.47. The van der Waals surface area contributed by atoms with Crippen molar-refractivity contribution in [3.63, 3.8) is 0 Å². The quantitative estimate of drug-likeness (QED) is 0.508. The molecule has 0 N–H and O–H groups in total. The summed E-state index contributed by atoms with van der Waals surface area (Å²) in [6, 6.07) is 0. The van der Waals surface area contributed by atoms with Crippen molar-refractivity contribution in [3.8, 4) is 0 Å². The molecule has 1 unspecified atom stereocenters. The lowest BCUT2D eigenvalue weighted by atomic mass is 9.99. The van der Waals surface area contributed by atoms with Gasteiger partial charge < -0.3 is 18.0 Å². The molecule has 1 aliphatic heterocycles. The second-order valence-corrected chi connectivity index (χ2v) is 7.53. The van der Waals surface area contributed by atoms with Gasteiger partial charge in [-0.2, -0.15) is 0 Å². The lowest BCUT2D eigenvalue weighted by Gasteiger charge is -2.35. The van der Waals surface area contributed by atoms with E-state index in [2.05, 4.69) is 4.90 Å². The first-order valence-electron chi connectivity index (χ1n) is 6.65. The Morgan fingerprint density at radius 2 is 1.89 bits per heavy atom. The number of carbonyl (C=O) groups excluding carboxylic acids is 1.